The summed E-state index contributed by atoms with van der Waals surface area (Å²) in [5.74, 6) is -12.3. The summed E-state index contributed by atoms with van der Waals surface area (Å²) in [6, 6.07) is 4.20. The molecule has 248 valence electrons. The Morgan fingerprint density at radius 3 is 1.30 bits per heavy atom. The molecule has 0 aromatic heterocycles. The van der Waals surface area contributed by atoms with Crippen LogP contribution in [0.25, 0.3) is 0 Å². The zero-order valence-electron chi connectivity index (χ0n) is 22.7. The standard InChI is InChI=1S/C27H24O18.Fe/c28-11-1-8(2-12(29)18(11)34)24(39)42-7-17-21(37)23(44-25(40)9-3-13(30)19(35)14(31)4-9)22(38)27(43-17)45-26(41)10-5-15(32)20(36)16(33)6-10;/h1-6,17,21-23,27-38H,7H2;/t17-,21-,22-,23+,27+;/m1./s1. The molecule has 0 saturated carbocycles. The number of benzene rings is 3. The van der Waals surface area contributed by atoms with Crippen LogP contribution in [-0.4, -0.2) is 111 Å². The Balaban J connectivity index is 0.00000576. The topological polar surface area (TPSA) is 311 Å². The molecular weight excluding hydrogens is 668 g/mol. The molecule has 0 radical (unpaired) electrons. The van der Waals surface area contributed by atoms with Crippen LogP contribution in [0.5, 0.6) is 51.7 Å². The molecule has 3 aromatic rings. The first-order chi connectivity index (χ1) is 21.1. The summed E-state index contributed by atoms with van der Waals surface area (Å²) in [6.45, 7) is -0.918. The van der Waals surface area contributed by atoms with Gasteiger partial charge in [-0.2, -0.15) is 0 Å². The second kappa shape index (κ2) is 13.8. The maximum absolute atomic E-state index is 12.8. The van der Waals surface area contributed by atoms with Crippen molar-refractivity contribution in [1.29, 1.82) is 0 Å². The molecule has 1 fully saturated rings. The fourth-order valence-electron chi connectivity index (χ4n) is 4.05. The number of hydrogen-bond acceptors (Lipinski definition) is 18. The molecule has 18 nitrogen and oxygen atoms in total. The molecule has 5 atom stereocenters. The Morgan fingerprint density at radius 1 is 0.565 bits per heavy atom. The zero-order valence-corrected chi connectivity index (χ0v) is 23.8. The van der Waals surface area contributed by atoms with Gasteiger partial charge in [-0.25, -0.2) is 14.4 Å². The van der Waals surface area contributed by atoms with Crippen LogP contribution in [0, 0.1) is 0 Å². The van der Waals surface area contributed by atoms with Gasteiger partial charge in [0.1, 0.15) is 18.8 Å². The minimum Gasteiger partial charge on any atom is -0.504 e. The van der Waals surface area contributed by atoms with Crippen LogP contribution in [0.2, 0.25) is 0 Å². The van der Waals surface area contributed by atoms with E-state index in [-0.39, 0.29) is 17.1 Å². The van der Waals surface area contributed by atoms with Gasteiger partial charge in [-0.1, -0.05) is 0 Å². The number of rotatable bonds is 7. The van der Waals surface area contributed by atoms with Crippen LogP contribution < -0.4 is 0 Å². The molecule has 46 heavy (non-hydrogen) atoms. The van der Waals surface area contributed by atoms with E-state index in [0.717, 1.165) is 12.1 Å². The van der Waals surface area contributed by atoms with Gasteiger partial charge >= 0.3 is 17.9 Å². The summed E-state index contributed by atoms with van der Waals surface area (Å²) < 4.78 is 20.6. The van der Waals surface area contributed by atoms with Crippen LogP contribution in [0.3, 0.4) is 0 Å². The molecule has 0 spiro atoms. The van der Waals surface area contributed by atoms with Crippen LogP contribution in [-0.2, 0) is 36.0 Å². The van der Waals surface area contributed by atoms with E-state index in [9.17, 15) is 70.6 Å². The maximum atomic E-state index is 12.8. The number of hydrogen-bond donors (Lipinski definition) is 11. The normalized spacial score (nSPS) is 20.6. The molecule has 0 aliphatic carbocycles. The fourth-order valence-corrected chi connectivity index (χ4v) is 4.05. The smallest absolute Gasteiger partial charge is 0.340 e. The number of esters is 3. The molecule has 1 saturated heterocycles. The van der Waals surface area contributed by atoms with Crippen LogP contribution in [0.15, 0.2) is 36.4 Å². The summed E-state index contributed by atoms with van der Waals surface area (Å²) >= 11 is 0. The van der Waals surface area contributed by atoms with Crippen molar-refractivity contribution >= 4 is 17.9 Å². The van der Waals surface area contributed by atoms with Crippen LogP contribution in [0.4, 0.5) is 0 Å². The summed E-state index contributed by atoms with van der Waals surface area (Å²) in [6.07, 6.45) is -10.2. The van der Waals surface area contributed by atoms with E-state index < -0.39 is 124 Å². The quantitative estimate of drug-likeness (QED) is 0.0656. The Bertz CT molecular complexity index is 1590. The number of carbonyl (C=O) groups excluding carboxylic acids is 3. The van der Waals surface area contributed by atoms with Crippen molar-refractivity contribution in [1.82, 2.24) is 0 Å². The van der Waals surface area contributed by atoms with Crippen molar-refractivity contribution in [3.63, 3.8) is 0 Å². The van der Waals surface area contributed by atoms with Gasteiger partial charge in [-0.3, -0.25) is 0 Å². The molecule has 4 rings (SSSR count). The van der Waals surface area contributed by atoms with Crippen molar-refractivity contribution in [2.75, 3.05) is 6.61 Å². The van der Waals surface area contributed by atoms with E-state index in [4.69, 9.17) is 18.9 Å². The summed E-state index contributed by atoms with van der Waals surface area (Å²) in [5, 5.41) is 108. The minimum atomic E-state index is -2.19. The van der Waals surface area contributed by atoms with Crippen molar-refractivity contribution in [3.8, 4) is 51.7 Å². The van der Waals surface area contributed by atoms with Gasteiger partial charge in [0.15, 0.2) is 64.0 Å². The van der Waals surface area contributed by atoms with Crippen molar-refractivity contribution < 1.29 is 107 Å². The van der Waals surface area contributed by atoms with Crippen LogP contribution in [0.1, 0.15) is 31.1 Å². The third kappa shape index (κ3) is 7.14. The van der Waals surface area contributed by atoms with Crippen molar-refractivity contribution in [2.45, 2.75) is 30.7 Å². The number of aliphatic hydroxyl groups excluding tert-OH is 2. The monoisotopic (exact) mass is 692 g/mol. The van der Waals surface area contributed by atoms with E-state index in [1.54, 1.807) is 0 Å². The Morgan fingerprint density at radius 2 is 0.913 bits per heavy atom. The minimum absolute atomic E-state index is 0. The summed E-state index contributed by atoms with van der Waals surface area (Å²) in [7, 11) is 0. The summed E-state index contributed by atoms with van der Waals surface area (Å²) in [5.41, 5.74) is -1.62. The summed E-state index contributed by atoms with van der Waals surface area (Å²) in [4.78, 5) is 38.1. The van der Waals surface area contributed by atoms with Gasteiger partial charge in [0.2, 0.25) is 6.29 Å². The molecular formula is C27H24FeO18. The van der Waals surface area contributed by atoms with E-state index in [1.165, 1.54) is 0 Å². The largest absolute Gasteiger partial charge is 0.504 e. The number of aliphatic hydroxyl groups is 2. The van der Waals surface area contributed by atoms with Gasteiger partial charge in [-0.15, -0.1) is 0 Å². The molecule has 1 aliphatic rings. The van der Waals surface area contributed by atoms with E-state index in [1.807, 2.05) is 0 Å². The predicted octanol–water partition coefficient (Wildman–Crippen LogP) is -0.279. The van der Waals surface area contributed by atoms with Gasteiger partial charge in [0, 0.05) is 17.1 Å². The first kappa shape index (κ1) is 35.2. The Labute approximate surface area is 266 Å². The van der Waals surface area contributed by atoms with Crippen molar-refractivity contribution in [2.24, 2.45) is 0 Å². The molecule has 3 aromatic carbocycles. The molecule has 0 amide bonds. The zero-order chi connectivity index (χ0) is 33.3. The third-order valence-electron chi connectivity index (χ3n) is 6.40. The van der Waals surface area contributed by atoms with Crippen LogP contribution >= 0.6 is 0 Å². The Kier molecular flexibility index (Phi) is 10.5. The van der Waals surface area contributed by atoms with Gasteiger partial charge in [-0.05, 0) is 36.4 Å². The molecule has 11 N–H and O–H groups in total. The molecule has 0 unspecified atom stereocenters. The SMILES string of the molecule is O=C(OC[C@H]1O[C@@H](OC(=O)c2cc(O)c(O)c(O)c2)[C@H](O)[C@@H](OC(=O)c2cc(O)c(O)c(O)c2)[C@@H]1O)c1cc(O)c(O)c(O)c1.[Fe]. The number of phenols is 9. The average molecular weight is 692 g/mol. The van der Waals surface area contributed by atoms with Gasteiger partial charge in [0.25, 0.3) is 0 Å². The Hall–Kier alpha value is -5.33. The molecule has 0 bridgehead atoms. The molecule has 19 heteroatoms. The number of carbonyl (C=O) groups is 3. The second-order valence-electron chi connectivity index (χ2n) is 9.49. The number of ether oxygens (including phenoxy) is 4. The third-order valence-corrected chi connectivity index (χ3v) is 6.40. The second-order valence-corrected chi connectivity index (χ2v) is 9.49. The van der Waals surface area contributed by atoms with Gasteiger partial charge in [0.05, 0.1) is 16.7 Å². The van der Waals surface area contributed by atoms with E-state index in [0.29, 0.717) is 24.3 Å². The fraction of sp³-hybridized carbons (Fsp3) is 0.222. The van der Waals surface area contributed by atoms with Gasteiger partial charge < -0.3 is 75.1 Å². The maximum Gasteiger partial charge on any atom is 0.340 e. The first-order valence-electron chi connectivity index (χ1n) is 12.4. The van der Waals surface area contributed by atoms with E-state index in [2.05, 4.69) is 0 Å². The number of aromatic hydroxyl groups is 9. The molecule has 1 heterocycles. The van der Waals surface area contributed by atoms with Crippen molar-refractivity contribution in [3.05, 3.63) is 53.1 Å². The molecule has 1 aliphatic heterocycles. The number of phenolic OH excluding ortho intramolecular Hbond substituents is 9. The first-order valence-corrected chi connectivity index (χ1v) is 12.4. The predicted molar refractivity (Wildman–Crippen MR) is 140 cm³/mol. The van der Waals surface area contributed by atoms with E-state index >= 15 is 0 Å². The average Bonchev–Trinajstić information content (AvgIpc) is 2.99.